The number of carbonyl (C=O) groups is 1. The van der Waals surface area contributed by atoms with E-state index >= 15 is 0 Å². The molecule has 0 saturated carbocycles. The fraction of sp³-hybridized carbons (Fsp3) is 0.176. The van der Waals surface area contributed by atoms with E-state index in [-0.39, 0.29) is 5.91 Å². The third kappa shape index (κ3) is 3.94. The van der Waals surface area contributed by atoms with Crippen LogP contribution < -0.4 is 10.2 Å². The molecular formula is C17H17N5OS. The maximum Gasteiger partial charge on any atom is 0.273 e. The van der Waals surface area contributed by atoms with Crippen molar-refractivity contribution in [3.63, 3.8) is 0 Å². The Morgan fingerprint density at radius 3 is 2.79 bits per heavy atom. The van der Waals surface area contributed by atoms with Crippen molar-refractivity contribution in [1.82, 2.24) is 19.9 Å². The van der Waals surface area contributed by atoms with E-state index in [1.165, 1.54) is 5.56 Å². The molecule has 1 amide bonds. The quantitative estimate of drug-likeness (QED) is 0.747. The van der Waals surface area contributed by atoms with Gasteiger partial charge < -0.3 is 10.2 Å². The minimum atomic E-state index is -0.232. The molecule has 2 aromatic heterocycles. The first-order chi connectivity index (χ1) is 11.7. The van der Waals surface area contributed by atoms with Crippen LogP contribution in [0.4, 0.5) is 5.82 Å². The number of nitrogens with one attached hydrogen (secondary N) is 1. The first-order valence-corrected chi connectivity index (χ1v) is 8.32. The molecule has 0 aliphatic carbocycles. The predicted octanol–water partition coefficient (Wildman–Crippen LogP) is 2.50. The van der Waals surface area contributed by atoms with Gasteiger partial charge in [0.1, 0.15) is 5.82 Å². The lowest BCUT2D eigenvalue weighted by molar-refractivity contribution is 0.0946. The van der Waals surface area contributed by atoms with Crippen molar-refractivity contribution in [3.8, 4) is 0 Å². The zero-order valence-electron chi connectivity index (χ0n) is 13.2. The van der Waals surface area contributed by atoms with E-state index in [1.807, 2.05) is 37.4 Å². The van der Waals surface area contributed by atoms with Gasteiger partial charge in [-0.3, -0.25) is 4.79 Å². The number of amides is 1. The van der Waals surface area contributed by atoms with Gasteiger partial charge in [-0.15, -0.1) is 5.10 Å². The second kappa shape index (κ2) is 7.65. The number of hydrogen-bond donors (Lipinski definition) is 1. The van der Waals surface area contributed by atoms with Gasteiger partial charge in [-0.05, 0) is 23.2 Å². The summed E-state index contributed by atoms with van der Waals surface area (Å²) in [5.41, 5.74) is 2.49. The van der Waals surface area contributed by atoms with Crippen LogP contribution in [0.15, 0.2) is 54.0 Å². The van der Waals surface area contributed by atoms with Crippen LogP contribution in [0.2, 0.25) is 0 Å². The van der Waals surface area contributed by atoms with Gasteiger partial charge in [0.2, 0.25) is 0 Å². The summed E-state index contributed by atoms with van der Waals surface area (Å²) >= 11 is 1.16. The molecule has 0 spiro atoms. The topological polar surface area (TPSA) is 71.0 Å². The summed E-state index contributed by atoms with van der Waals surface area (Å²) in [6, 6.07) is 14.0. The lowest BCUT2D eigenvalue weighted by Gasteiger charge is -2.21. The average molecular weight is 339 g/mol. The van der Waals surface area contributed by atoms with Gasteiger partial charge in [0, 0.05) is 37.3 Å². The van der Waals surface area contributed by atoms with Crippen molar-refractivity contribution >= 4 is 23.3 Å². The highest BCUT2D eigenvalue weighted by Crippen LogP contribution is 2.18. The van der Waals surface area contributed by atoms with Gasteiger partial charge in [0.05, 0.1) is 0 Å². The molecule has 24 heavy (non-hydrogen) atoms. The smallest absolute Gasteiger partial charge is 0.273 e. The van der Waals surface area contributed by atoms with Crippen molar-refractivity contribution in [1.29, 1.82) is 0 Å². The molecule has 0 atom stereocenters. The van der Waals surface area contributed by atoms with Gasteiger partial charge in [-0.1, -0.05) is 40.9 Å². The number of aromatic nitrogens is 3. The Morgan fingerprint density at radius 2 is 2.04 bits per heavy atom. The van der Waals surface area contributed by atoms with E-state index in [0.717, 1.165) is 29.5 Å². The van der Waals surface area contributed by atoms with Crippen LogP contribution in [0.3, 0.4) is 0 Å². The molecule has 3 aromatic rings. The molecule has 0 fully saturated rings. The minimum absolute atomic E-state index is 0.232. The highest BCUT2D eigenvalue weighted by atomic mass is 32.1. The lowest BCUT2D eigenvalue weighted by atomic mass is 10.2. The van der Waals surface area contributed by atoms with Crippen LogP contribution in [0, 0.1) is 0 Å². The fourth-order valence-corrected chi connectivity index (χ4v) is 2.81. The first kappa shape index (κ1) is 16.1. The standard InChI is InChI=1S/C17H17N5OS/c1-22(11-13-6-3-2-4-7-13)16-14(8-5-9-18-16)10-19-17(23)15-12-24-21-20-15/h2-9,12H,10-11H2,1H3,(H,19,23). The van der Waals surface area contributed by atoms with Gasteiger partial charge in [-0.25, -0.2) is 4.98 Å². The van der Waals surface area contributed by atoms with Gasteiger partial charge in [-0.2, -0.15) is 0 Å². The number of carbonyl (C=O) groups excluding carboxylic acids is 1. The summed E-state index contributed by atoms with van der Waals surface area (Å²) in [6.45, 7) is 1.13. The molecule has 0 unspecified atom stereocenters. The van der Waals surface area contributed by atoms with Crippen LogP contribution in [-0.2, 0) is 13.1 Å². The fourth-order valence-electron chi connectivity index (χ4n) is 2.37. The van der Waals surface area contributed by atoms with E-state index < -0.39 is 0 Å². The number of hydrogen-bond acceptors (Lipinski definition) is 6. The van der Waals surface area contributed by atoms with Crippen molar-refractivity contribution in [3.05, 3.63) is 70.9 Å². The first-order valence-electron chi connectivity index (χ1n) is 7.48. The van der Waals surface area contributed by atoms with E-state index in [0.29, 0.717) is 12.2 Å². The Labute approximate surface area is 144 Å². The molecule has 7 heteroatoms. The van der Waals surface area contributed by atoms with Crippen LogP contribution in [-0.4, -0.2) is 27.5 Å². The highest BCUT2D eigenvalue weighted by Gasteiger charge is 2.12. The third-order valence-corrected chi connectivity index (χ3v) is 4.03. The minimum Gasteiger partial charge on any atom is -0.355 e. The molecule has 6 nitrogen and oxygen atoms in total. The molecule has 1 aromatic carbocycles. The number of rotatable bonds is 6. The SMILES string of the molecule is CN(Cc1ccccc1)c1ncccc1CNC(=O)c1csnn1. The average Bonchev–Trinajstić information content (AvgIpc) is 3.15. The van der Waals surface area contributed by atoms with E-state index in [4.69, 9.17) is 0 Å². The summed E-state index contributed by atoms with van der Waals surface area (Å²) in [6.07, 6.45) is 1.76. The Bertz CT molecular complexity index is 792. The summed E-state index contributed by atoms with van der Waals surface area (Å²) < 4.78 is 3.70. The van der Waals surface area contributed by atoms with Crippen LogP contribution in [0.5, 0.6) is 0 Å². The molecule has 0 radical (unpaired) electrons. The van der Waals surface area contributed by atoms with Crippen molar-refractivity contribution in [2.75, 3.05) is 11.9 Å². The number of nitrogens with zero attached hydrogens (tertiary/aromatic N) is 4. The zero-order valence-corrected chi connectivity index (χ0v) is 14.0. The van der Waals surface area contributed by atoms with E-state index in [2.05, 4.69) is 36.9 Å². The molecule has 0 saturated heterocycles. The van der Waals surface area contributed by atoms with Crippen LogP contribution >= 0.6 is 11.5 Å². The molecule has 0 bridgehead atoms. The summed E-state index contributed by atoms with van der Waals surface area (Å²) in [5, 5.41) is 8.26. The zero-order chi connectivity index (χ0) is 16.8. The second-order valence-electron chi connectivity index (χ2n) is 5.30. The normalized spacial score (nSPS) is 10.4. The molecule has 1 N–H and O–H groups in total. The van der Waals surface area contributed by atoms with Crippen molar-refractivity contribution < 1.29 is 4.79 Å². The number of benzene rings is 1. The molecule has 0 aliphatic rings. The second-order valence-corrected chi connectivity index (χ2v) is 5.91. The molecule has 122 valence electrons. The monoisotopic (exact) mass is 339 g/mol. The number of pyridine rings is 1. The summed E-state index contributed by atoms with van der Waals surface area (Å²) in [5.74, 6) is 0.613. The van der Waals surface area contributed by atoms with Crippen molar-refractivity contribution in [2.45, 2.75) is 13.1 Å². The molecule has 2 heterocycles. The van der Waals surface area contributed by atoms with Crippen molar-refractivity contribution in [2.24, 2.45) is 0 Å². The van der Waals surface area contributed by atoms with Gasteiger partial charge in [0.15, 0.2) is 5.69 Å². The molecular weight excluding hydrogens is 322 g/mol. The molecule has 0 aliphatic heterocycles. The Balaban J connectivity index is 1.69. The lowest BCUT2D eigenvalue weighted by Crippen LogP contribution is -2.26. The maximum atomic E-state index is 12.0. The van der Waals surface area contributed by atoms with E-state index in [9.17, 15) is 4.79 Å². The van der Waals surface area contributed by atoms with Crippen LogP contribution in [0.1, 0.15) is 21.6 Å². The van der Waals surface area contributed by atoms with Gasteiger partial charge >= 0.3 is 0 Å². The number of anilines is 1. The Hall–Kier alpha value is -2.80. The summed E-state index contributed by atoms with van der Waals surface area (Å²) in [7, 11) is 1.99. The third-order valence-electron chi connectivity index (χ3n) is 3.52. The Kier molecular flexibility index (Phi) is 5.12. The van der Waals surface area contributed by atoms with Crippen LogP contribution in [0.25, 0.3) is 0 Å². The van der Waals surface area contributed by atoms with Gasteiger partial charge in [0.25, 0.3) is 5.91 Å². The maximum absolute atomic E-state index is 12.0. The largest absolute Gasteiger partial charge is 0.355 e. The summed E-state index contributed by atoms with van der Waals surface area (Å²) in [4.78, 5) is 18.5. The Morgan fingerprint density at radius 1 is 1.21 bits per heavy atom. The predicted molar refractivity (Wildman–Crippen MR) is 93.9 cm³/mol. The highest BCUT2D eigenvalue weighted by molar-refractivity contribution is 7.03. The van der Waals surface area contributed by atoms with E-state index in [1.54, 1.807) is 11.6 Å². The molecule has 3 rings (SSSR count).